The van der Waals surface area contributed by atoms with Crippen LogP contribution in [0.15, 0.2) is 18.2 Å². The van der Waals surface area contributed by atoms with Gasteiger partial charge < -0.3 is 18.5 Å². The van der Waals surface area contributed by atoms with E-state index in [4.69, 9.17) is 18.5 Å². The number of benzene rings is 1. The van der Waals surface area contributed by atoms with Gasteiger partial charge in [-0.25, -0.2) is 0 Å². The lowest BCUT2D eigenvalue weighted by molar-refractivity contribution is 0.194. The summed E-state index contributed by atoms with van der Waals surface area (Å²) >= 11 is 0. The maximum absolute atomic E-state index is 12.5. The van der Waals surface area contributed by atoms with Crippen LogP contribution in [0.3, 0.4) is 0 Å². The summed E-state index contributed by atoms with van der Waals surface area (Å²) in [7, 11) is 0.449. The second-order valence-electron chi connectivity index (χ2n) is 5.97. The van der Waals surface area contributed by atoms with E-state index in [-0.39, 0.29) is 0 Å². The molecule has 0 N–H and O–H groups in total. The molecule has 1 aromatic carbocycles. The minimum Gasteiger partial charge on any atom is -0.385 e. The second-order valence-corrected chi connectivity index (χ2v) is 8.34. The topological polar surface area (TPSA) is 54.0 Å². The van der Waals surface area contributed by atoms with Crippen LogP contribution in [-0.2, 0) is 42.5 Å². The van der Waals surface area contributed by atoms with Crippen molar-refractivity contribution < 1.29 is 23.1 Å². The molecular weight excluding hydrogens is 339 g/mol. The Bertz CT molecular complexity index is 504. The molecular formula is C19H33O5P. The van der Waals surface area contributed by atoms with Crippen molar-refractivity contribution >= 4 is 7.60 Å². The molecule has 0 heterocycles. The zero-order chi connectivity index (χ0) is 18.5. The van der Waals surface area contributed by atoms with Crippen LogP contribution in [0.1, 0.15) is 43.4 Å². The molecule has 0 aliphatic rings. The first-order valence-corrected chi connectivity index (χ1v) is 10.8. The zero-order valence-electron chi connectivity index (χ0n) is 16.1. The van der Waals surface area contributed by atoms with E-state index in [1.165, 1.54) is 11.1 Å². The molecule has 6 heteroatoms. The molecule has 0 saturated carbocycles. The summed E-state index contributed by atoms with van der Waals surface area (Å²) in [5.41, 5.74) is 3.55. The van der Waals surface area contributed by atoms with Crippen LogP contribution in [0.2, 0.25) is 0 Å². The molecule has 144 valence electrons. The number of methoxy groups -OCH3 is 2. The van der Waals surface area contributed by atoms with Crippen LogP contribution in [0, 0.1) is 0 Å². The van der Waals surface area contributed by atoms with Gasteiger partial charge in [0.15, 0.2) is 0 Å². The normalized spacial score (nSPS) is 13.8. The van der Waals surface area contributed by atoms with Crippen molar-refractivity contribution in [3.8, 4) is 0 Å². The van der Waals surface area contributed by atoms with Gasteiger partial charge >= 0.3 is 7.60 Å². The quantitative estimate of drug-likeness (QED) is 0.353. The first kappa shape index (κ1) is 22.3. The molecule has 1 unspecified atom stereocenters. The minimum absolute atomic E-state index is 0.306. The maximum atomic E-state index is 12.5. The molecule has 0 aromatic heterocycles. The van der Waals surface area contributed by atoms with Gasteiger partial charge in [-0.15, -0.1) is 0 Å². The molecule has 0 saturated heterocycles. The van der Waals surface area contributed by atoms with Crippen molar-refractivity contribution in [2.24, 2.45) is 0 Å². The van der Waals surface area contributed by atoms with Gasteiger partial charge in [-0.05, 0) is 49.3 Å². The van der Waals surface area contributed by atoms with Crippen molar-refractivity contribution in [2.75, 3.05) is 40.2 Å². The third-order valence-electron chi connectivity index (χ3n) is 3.88. The van der Waals surface area contributed by atoms with Gasteiger partial charge in [0.05, 0.1) is 13.2 Å². The van der Waals surface area contributed by atoms with Crippen LogP contribution < -0.4 is 0 Å². The van der Waals surface area contributed by atoms with Gasteiger partial charge in [-0.3, -0.25) is 4.57 Å². The number of ether oxygens (including phenoxy) is 2. The van der Waals surface area contributed by atoms with E-state index in [1.54, 1.807) is 14.2 Å². The van der Waals surface area contributed by atoms with Crippen LogP contribution in [0.4, 0.5) is 0 Å². The van der Waals surface area contributed by atoms with Gasteiger partial charge in [-0.2, -0.15) is 0 Å². The Balaban J connectivity index is 2.81. The van der Waals surface area contributed by atoms with E-state index in [9.17, 15) is 4.57 Å². The number of rotatable bonds is 14. The number of hydrogen-bond donors (Lipinski definition) is 0. The van der Waals surface area contributed by atoms with E-state index < -0.39 is 7.60 Å². The van der Waals surface area contributed by atoms with Gasteiger partial charge in [-0.1, -0.05) is 25.1 Å². The highest BCUT2D eigenvalue weighted by Crippen LogP contribution is 2.48. The molecule has 0 radical (unpaired) electrons. The number of hydrogen-bond acceptors (Lipinski definition) is 5. The van der Waals surface area contributed by atoms with E-state index in [2.05, 4.69) is 18.2 Å². The molecule has 25 heavy (non-hydrogen) atoms. The molecule has 1 aromatic rings. The summed E-state index contributed by atoms with van der Waals surface area (Å²) in [6, 6.07) is 6.49. The lowest BCUT2D eigenvalue weighted by Crippen LogP contribution is -2.02. The number of aryl methyl sites for hydroxylation is 2. The van der Waals surface area contributed by atoms with Gasteiger partial charge in [0.25, 0.3) is 0 Å². The SMILES string of the molecule is CCOP(=O)(CC)OCc1cc(CCCOC)cc(CCCOC)c1. The first-order chi connectivity index (χ1) is 12.1. The predicted molar refractivity (Wildman–Crippen MR) is 101 cm³/mol. The zero-order valence-corrected chi connectivity index (χ0v) is 17.0. The lowest BCUT2D eigenvalue weighted by atomic mass is 10.00. The molecule has 5 nitrogen and oxygen atoms in total. The lowest BCUT2D eigenvalue weighted by Gasteiger charge is -2.17. The van der Waals surface area contributed by atoms with Crippen molar-refractivity contribution in [1.82, 2.24) is 0 Å². The highest BCUT2D eigenvalue weighted by atomic mass is 31.2. The van der Waals surface area contributed by atoms with Gasteiger partial charge in [0, 0.05) is 33.6 Å². The Labute approximate surface area is 152 Å². The van der Waals surface area contributed by atoms with E-state index in [0.29, 0.717) is 19.4 Å². The molecule has 0 amide bonds. The Morgan fingerprint density at radius 2 is 1.36 bits per heavy atom. The second kappa shape index (κ2) is 12.6. The largest absolute Gasteiger partial charge is 0.385 e. The Hall–Kier alpha value is -0.710. The summed E-state index contributed by atoms with van der Waals surface area (Å²) in [6.07, 6.45) is 4.25. The Kier molecular flexibility index (Phi) is 11.3. The predicted octanol–water partition coefficient (Wildman–Crippen LogP) is 4.61. The third-order valence-corrected chi connectivity index (χ3v) is 5.83. The fourth-order valence-electron chi connectivity index (χ4n) is 2.64. The smallest absolute Gasteiger partial charge is 0.330 e. The molecule has 1 atom stereocenters. The fourth-order valence-corrected chi connectivity index (χ4v) is 3.82. The van der Waals surface area contributed by atoms with Crippen molar-refractivity contribution in [3.05, 3.63) is 34.9 Å². The van der Waals surface area contributed by atoms with E-state index in [0.717, 1.165) is 44.5 Å². The molecule has 0 aliphatic heterocycles. The monoisotopic (exact) mass is 372 g/mol. The third kappa shape index (κ3) is 8.98. The maximum Gasteiger partial charge on any atom is 0.330 e. The van der Waals surface area contributed by atoms with Crippen molar-refractivity contribution in [2.45, 2.75) is 46.1 Å². The highest BCUT2D eigenvalue weighted by Gasteiger charge is 2.21. The minimum atomic E-state index is -2.99. The average Bonchev–Trinajstić information content (AvgIpc) is 2.61. The van der Waals surface area contributed by atoms with Crippen LogP contribution >= 0.6 is 7.60 Å². The van der Waals surface area contributed by atoms with Crippen molar-refractivity contribution in [3.63, 3.8) is 0 Å². The van der Waals surface area contributed by atoms with E-state index in [1.807, 2.05) is 13.8 Å². The average molecular weight is 372 g/mol. The van der Waals surface area contributed by atoms with E-state index >= 15 is 0 Å². The van der Waals surface area contributed by atoms with Crippen molar-refractivity contribution in [1.29, 1.82) is 0 Å². The molecule has 0 spiro atoms. The van der Waals surface area contributed by atoms with Crippen LogP contribution in [0.5, 0.6) is 0 Å². The van der Waals surface area contributed by atoms with Gasteiger partial charge in [0.2, 0.25) is 0 Å². The summed E-state index contributed by atoms with van der Waals surface area (Å²) in [5.74, 6) is 0. The van der Waals surface area contributed by atoms with Crippen LogP contribution in [0.25, 0.3) is 0 Å². The Morgan fingerprint density at radius 1 is 0.840 bits per heavy atom. The summed E-state index contributed by atoms with van der Waals surface area (Å²) in [5, 5.41) is 0. The molecule has 0 aliphatic carbocycles. The summed E-state index contributed by atoms with van der Waals surface area (Å²) < 4.78 is 33.7. The molecule has 1 rings (SSSR count). The molecule has 0 bridgehead atoms. The standard InChI is InChI=1S/C19H33O5P/c1-5-23-25(20,6-2)24-16-19-14-17(9-7-11-21-3)13-18(15-19)10-8-12-22-4/h13-15H,5-12,16H2,1-4H3. The first-order valence-electron chi connectivity index (χ1n) is 9.04. The Morgan fingerprint density at radius 3 is 1.80 bits per heavy atom. The highest BCUT2D eigenvalue weighted by molar-refractivity contribution is 7.53. The van der Waals surface area contributed by atoms with Crippen LogP contribution in [-0.4, -0.2) is 40.2 Å². The summed E-state index contributed by atoms with van der Waals surface area (Å²) in [6.45, 7) is 5.85. The summed E-state index contributed by atoms with van der Waals surface area (Å²) in [4.78, 5) is 0. The fraction of sp³-hybridized carbons (Fsp3) is 0.684. The molecule has 0 fully saturated rings. The van der Waals surface area contributed by atoms with Gasteiger partial charge in [0.1, 0.15) is 0 Å².